The summed E-state index contributed by atoms with van der Waals surface area (Å²) in [6, 6.07) is 33.2. The van der Waals surface area contributed by atoms with Gasteiger partial charge in [-0.1, -0.05) is 89.1 Å². The Morgan fingerprint density at radius 3 is 1.38 bits per heavy atom. The predicted octanol–water partition coefficient (Wildman–Crippen LogP) is 7.00. The summed E-state index contributed by atoms with van der Waals surface area (Å²) < 4.78 is 1.42. The average molecular weight is 811 g/mol. The van der Waals surface area contributed by atoms with E-state index in [1.54, 1.807) is 0 Å². The molecule has 6 rings (SSSR count). The SMILES string of the molecule is CC(C)(C)c1c[c-]c2c(c1)-c1cc(C(C)(C)C)ccc1C2.CC(C)(C)c1ccc([C](=[Zr+2])c2ccc(C(C)(C)C)cc2)cc1.CC1=CC(C)[C-]=C1.[Cl-].[Cl-]. The van der Waals surface area contributed by atoms with Crippen LogP contribution in [0.5, 0.6) is 0 Å². The molecule has 0 aromatic heterocycles. The molecule has 0 heterocycles. The normalized spacial score (nSPS) is 14.7. The second kappa shape index (κ2) is 17.9. The van der Waals surface area contributed by atoms with Crippen LogP contribution in [0.15, 0.2) is 96.6 Å². The standard InChI is InChI=1S/C21H25.C21H26.C7H9.2ClH.Zr/c1-20(2,3)16-9-7-14-11-15-8-10-17(21(4,5)6)13-19(15)18(14)12-16;1-20(2,3)18-11-7-16(8-12-18)15-17-9-13-19(14-10-17)21(4,5)6;1-6-3-4-7(2)5-6;;;/h7,9-10,12-13H,11H2,1-6H3;7-14H,1-6H3;3,5,7H,1-2H3;2*1H;/q-1;;-1;;;+2/p-2. The van der Waals surface area contributed by atoms with Crippen LogP contribution >= 0.6 is 0 Å². The van der Waals surface area contributed by atoms with Gasteiger partial charge in [0, 0.05) is 0 Å². The van der Waals surface area contributed by atoms with Gasteiger partial charge in [0.05, 0.1) is 0 Å². The molecule has 2 aliphatic rings. The number of benzene rings is 4. The predicted molar refractivity (Wildman–Crippen MR) is 215 cm³/mol. The summed E-state index contributed by atoms with van der Waals surface area (Å²) in [5.74, 6) is 0.556. The maximum Gasteiger partial charge on any atom is -0.0733 e. The Labute approximate surface area is 345 Å². The maximum atomic E-state index is 3.53. The van der Waals surface area contributed by atoms with Crippen LogP contribution < -0.4 is 24.8 Å². The fourth-order valence-corrected chi connectivity index (χ4v) is 7.00. The van der Waals surface area contributed by atoms with Gasteiger partial charge in [-0.25, -0.2) is 11.6 Å². The molecule has 276 valence electrons. The van der Waals surface area contributed by atoms with Crippen molar-refractivity contribution in [1.29, 1.82) is 0 Å². The van der Waals surface area contributed by atoms with Crippen molar-refractivity contribution < 1.29 is 49.0 Å². The van der Waals surface area contributed by atoms with Gasteiger partial charge in [0.25, 0.3) is 0 Å². The zero-order valence-corrected chi connectivity index (χ0v) is 38.2. The molecule has 1 unspecified atom stereocenters. The van der Waals surface area contributed by atoms with E-state index < -0.39 is 0 Å². The van der Waals surface area contributed by atoms with Crippen LogP contribution in [-0.2, 0) is 52.3 Å². The zero-order valence-electron chi connectivity index (χ0n) is 34.2. The Hall–Kier alpha value is -2.31. The zero-order chi connectivity index (χ0) is 37.2. The number of allylic oxidation sites excluding steroid dienone is 4. The van der Waals surface area contributed by atoms with E-state index in [4.69, 9.17) is 0 Å². The van der Waals surface area contributed by atoms with Crippen molar-refractivity contribution in [3.63, 3.8) is 0 Å². The third-order valence-corrected chi connectivity index (χ3v) is 11.1. The fraction of sp³-hybridized carbons (Fsp3) is 0.408. The summed E-state index contributed by atoms with van der Waals surface area (Å²) in [6.07, 6.45) is 8.41. The Bertz CT molecular complexity index is 1740. The van der Waals surface area contributed by atoms with Crippen molar-refractivity contribution in [2.45, 2.75) is 125 Å². The smallest absolute Gasteiger partial charge is 0.0733 e. The number of hydrogen-bond donors (Lipinski definition) is 0. The summed E-state index contributed by atoms with van der Waals surface area (Å²) in [7, 11) is 0. The van der Waals surface area contributed by atoms with Crippen molar-refractivity contribution in [3.8, 4) is 11.1 Å². The Balaban J connectivity index is 0.000000294. The molecule has 0 N–H and O–H groups in total. The molecule has 1 atom stereocenters. The Morgan fingerprint density at radius 2 is 1.02 bits per heavy atom. The second-order valence-electron chi connectivity index (χ2n) is 18.4. The minimum Gasteiger partial charge on any atom is -1.00 e. The van der Waals surface area contributed by atoms with E-state index in [0.717, 1.165) is 6.42 Å². The van der Waals surface area contributed by atoms with Crippen LogP contribution in [0.25, 0.3) is 11.1 Å². The summed E-state index contributed by atoms with van der Waals surface area (Å²) in [6.45, 7) is 31.4. The first kappa shape index (κ1) is 45.8. The summed E-state index contributed by atoms with van der Waals surface area (Å²) >= 11 is 1.46. The van der Waals surface area contributed by atoms with Crippen molar-refractivity contribution in [2.24, 2.45) is 5.92 Å². The number of fused-ring (bicyclic) bond motifs is 3. The van der Waals surface area contributed by atoms with Crippen molar-refractivity contribution in [3.05, 3.63) is 153 Å². The van der Waals surface area contributed by atoms with Gasteiger partial charge in [-0.2, -0.15) is 35.4 Å². The summed E-state index contributed by atoms with van der Waals surface area (Å²) in [5.41, 5.74) is 16.0. The molecule has 0 radical (unpaired) electrons. The van der Waals surface area contributed by atoms with Gasteiger partial charge in [-0.05, 0) is 17.4 Å². The maximum absolute atomic E-state index is 3.53. The molecule has 0 saturated carbocycles. The second-order valence-corrected chi connectivity index (χ2v) is 19.6. The molecular weight excluding hydrogens is 751 g/mol. The Morgan fingerprint density at radius 1 is 0.596 bits per heavy atom. The number of hydrogen-bond acceptors (Lipinski definition) is 0. The van der Waals surface area contributed by atoms with E-state index in [2.05, 4.69) is 194 Å². The van der Waals surface area contributed by atoms with Gasteiger partial charge in [0.2, 0.25) is 0 Å². The van der Waals surface area contributed by atoms with Gasteiger partial charge in [0.1, 0.15) is 0 Å². The first-order valence-electron chi connectivity index (χ1n) is 18.3. The third kappa shape index (κ3) is 12.1. The van der Waals surface area contributed by atoms with Crippen molar-refractivity contribution >= 4 is 3.21 Å². The molecule has 0 nitrogen and oxygen atoms in total. The van der Waals surface area contributed by atoms with Crippen LogP contribution in [-0.4, -0.2) is 3.21 Å². The van der Waals surface area contributed by atoms with Gasteiger partial charge >= 0.3 is 151 Å². The van der Waals surface area contributed by atoms with Crippen LogP contribution in [0.4, 0.5) is 0 Å². The molecular formula is C49H60Cl2Zr-2. The molecule has 52 heavy (non-hydrogen) atoms. The molecule has 0 saturated heterocycles. The van der Waals surface area contributed by atoms with Crippen LogP contribution in [0.1, 0.15) is 141 Å². The molecule has 0 aliphatic heterocycles. The van der Waals surface area contributed by atoms with Crippen LogP contribution in [0.2, 0.25) is 0 Å². The first-order valence-corrected chi connectivity index (χ1v) is 19.5. The van der Waals surface area contributed by atoms with E-state index in [0.29, 0.717) is 5.92 Å². The number of halogens is 2. The Kier molecular flexibility index (Phi) is 15.8. The minimum absolute atomic E-state index is 0. The van der Waals surface area contributed by atoms with Crippen molar-refractivity contribution in [1.82, 2.24) is 0 Å². The van der Waals surface area contributed by atoms with E-state index >= 15 is 0 Å². The van der Waals surface area contributed by atoms with E-state index in [9.17, 15) is 0 Å². The molecule has 4 aromatic carbocycles. The van der Waals surface area contributed by atoms with E-state index in [-0.39, 0.29) is 46.5 Å². The minimum atomic E-state index is 0. The molecule has 0 fully saturated rings. The van der Waals surface area contributed by atoms with Crippen LogP contribution in [0, 0.1) is 18.1 Å². The topological polar surface area (TPSA) is 0 Å². The van der Waals surface area contributed by atoms with Gasteiger partial charge in [0.15, 0.2) is 0 Å². The molecule has 0 spiro atoms. The van der Waals surface area contributed by atoms with Gasteiger partial charge in [-0.15, -0.1) is 12.5 Å². The van der Waals surface area contributed by atoms with E-state index in [1.165, 1.54) is 88.6 Å². The summed E-state index contributed by atoms with van der Waals surface area (Å²) in [5, 5.41) is 0. The third-order valence-electron chi connectivity index (χ3n) is 9.69. The summed E-state index contributed by atoms with van der Waals surface area (Å²) in [4.78, 5) is 0. The molecule has 0 bridgehead atoms. The van der Waals surface area contributed by atoms with E-state index in [1.807, 2.05) is 6.08 Å². The van der Waals surface area contributed by atoms with Crippen LogP contribution in [0.3, 0.4) is 0 Å². The van der Waals surface area contributed by atoms with Gasteiger partial charge in [-0.3, -0.25) is 6.08 Å². The molecule has 0 amide bonds. The molecule has 4 aromatic rings. The van der Waals surface area contributed by atoms with Gasteiger partial charge < -0.3 is 24.8 Å². The fourth-order valence-electron chi connectivity index (χ4n) is 6.18. The molecule has 3 heteroatoms. The monoisotopic (exact) mass is 808 g/mol. The first-order chi connectivity index (χ1) is 23.0. The average Bonchev–Trinajstić information content (AvgIpc) is 3.60. The largest absolute Gasteiger partial charge is 1.00 e. The quantitative estimate of drug-likeness (QED) is 0.169. The molecule has 2 aliphatic carbocycles. The number of rotatable bonds is 2. The van der Waals surface area contributed by atoms with Crippen molar-refractivity contribution in [2.75, 3.05) is 0 Å².